The Labute approximate surface area is 119 Å². The van der Waals surface area contributed by atoms with Crippen molar-refractivity contribution in [3.63, 3.8) is 0 Å². The summed E-state index contributed by atoms with van der Waals surface area (Å²) in [5.74, 6) is -0.554. The van der Waals surface area contributed by atoms with Gasteiger partial charge in [0.2, 0.25) is 5.76 Å². The molecule has 0 fully saturated rings. The number of H-pyrrole nitrogens is 1. The van der Waals surface area contributed by atoms with Crippen LogP contribution in [0.25, 0.3) is 10.9 Å². The van der Waals surface area contributed by atoms with Crippen LogP contribution in [0.5, 0.6) is 5.75 Å². The van der Waals surface area contributed by atoms with Crippen molar-refractivity contribution in [1.82, 2.24) is 4.98 Å². The van der Waals surface area contributed by atoms with E-state index in [2.05, 4.69) is 4.98 Å². The van der Waals surface area contributed by atoms with Crippen molar-refractivity contribution in [1.29, 1.82) is 0 Å². The van der Waals surface area contributed by atoms with Gasteiger partial charge < -0.3 is 34.9 Å². The van der Waals surface area contributed by atoms with Gasteiger partial charge in [0.15, 0.2) is 11.9 Å². The van der Waals surface area contributed by atoms with E-state index in [1.165, 1.54) is 0 Å². The summed E-state index contributed by atoms with van der Waals surface area (Å²) in [5.41, 5.74) is 0.836. The number of hydrogen-bond acceptors (Lipinski definition) is 6. The van der Waals surface area contributed by atoms with Crippen LogP contribution in [0.3, 0.4) is 0 Å². The minimum atomic E-state index is -1.57. The second-order valence-electron chi connectivity index (χ2n) is 4.75. The van der Waals surface area contributed by atoms with E-state index in [-0.39, 0.29) is 5.95 Å². The van der Waals surface area contributed by atoms with Gasteiger partial charge in [0, 0.05) is 17.1 Å². The molecule has 7 heteroatoms. The smallest absolute Gasteiger partial charge is 0.327 e. The number of fused-ring (bicyclic) bond motifs is 1. The van der Waals surface area contributed by atoms with Crippen molar-refractivity contribution >= 4 is 10.9 Å². The molecule has 7 nitrogen and oxygen atoms in total. The summed E-state index contributed by atoms with van der Waals surface area (Å²) >= 11 is 0. The second kappa shape index (κ2) is 5.28. The van der Waals surface area contributed by atoms with Crippen LogP contribution in [-0.2, 0) is 4.74 Å². The van der Waals surface area contributed by atoms with E-state index in [9.17, 15) is 15.3 Å². The Kier molecular flexibility index (Phi) is 3.46. The molecule has 112 valence electrons. The van der Waals surface area contributed by atoms with E-state index >= 15 is 0 Å². The second-order valence-corrected chi connectivity index (χ2v) is 4.75. The maximum atomic E-state index is 9.82. The molecule has 0 aliphatic carbocycles. The number of aliphatic hydroxyl groups is 4. The fourth-order valence-electron chi connectivity index (χ4n) is 2.20. The maximum Gasteiger partial charge on any atom is 0.327 e. The fourth-order valence-corrected chi connectivity index (χ4v) is 2.20. The van der Waals surface area contributed by atoms with Crippen LogP contribution >= 0.6 is 0 Å². The van der Waals surface area contributed by atoms with Gasteiger partial charge >= 0.3 is 5.95 Å². The van der Waals surface area contributed by atoms with Gasteiger partial charge in [0.25, 0.3) is 0 Å². The lowest BCUT2D eigenvalue weighted by Gasteiger charge is -2.31. The molecule has 0 radical (unpaired) electrons. The van der Waals surface area contributed by atoms with Gasteiger partial charge in [-0.15, -0.1) is 0 Å². The van der Waals surface area contributed by atoms with Gasteiger partial charge in [-0.1, -0.05) is 12.1 Å². The molecule has 3 atom stereocenters. The van der Waals surface area contributed by atoms with Gasteiger partial charge in [0.05, 0.1) is 6.61 Å². The van der Waals surface area contributed by atoms with Gasteiger partial charge in [-0.2, -0.15) is 0 Å². The Morgan fingerprint density at radius 2 is 2.00 bits per heavy atom. The molecular weight excluding hydrogens is 278 g/mol. The third-order valence-electron chi connectivity index (χ3n) is 3.39. The van der Waals surface area contributed by atoms with Crippen LogP contribution in [-0.4, -0.2) is 50.3 Å². The van der Waals surface area contributed by atoms with Crippen LogP contribution < -0.4 is 4.74 Å². The molecule has 0 bridgehead atoms. The molecule has 0 amide bonds. The SMILES string of the molecule is OC[C@H]1OC(Oc2c[nH]c3ccccc23)=C(O)[C@@H](O)[C@H]1O. The third-order valence-corrected chi connectivity index (χ3v) is 3.39. The van der Waals surface area contributed by atoms with E-state index < -0.39 is 30.7 Å². The van der Waals surface area contributed by atoms with E-state index in [1.54, 1.807) is 6.20 Å². The largest absolute Gasteiger partial charge is 0.504 e. The van der Waals surface area contributed by atoms with E-state index in [0.717, 1.165) is 10.9 Å². The van der Waals surface area contributed by atoms with Crippen molar-refractivity contribution in [2.45, 2.75) is 18.3 Å². The third kappa shape index (κ3) is 2.31. The van der Waals surface area contributed by atoms with Crippen molar-refractivity contribution in [2.24, 2.45) is 0 Å². The number of aliphatic hydroxyl groups excluding tert-OH is 4. The molecule has 1 aliphatic heterocycles. The number of ether oxygens (including phenoxy) is 2. The summed E-state index contributed by atoms with van der Waals surface area (Å²) < 4.78 is 10.7. The number of para-hydroxylation sites is 1. The first-order valence-corrected chi connectivity index (χ1v) is 6.42. The number of rotatable bonds is 3. The zero-order chi connectivity index (χ0) is 15.0. The highest BCUT2D eigenvalue weighted by molar-refractivity contribution is 5.86. The van der Waals surface area contributed by atoms with Gasteiger partial charge in [-0.3, -0.25) is 0 Å². The van der Waals surface area contributed by atoms with Crippen molar-refractivity contribution in [3.8, 4) is 5.75 Å². The predicted molar refractivity (Wildman–Crippen MR) is 72.6 cm³/mol. The molecular formula is C14H15NO6. The number of aromatic nitrogens is 1. The van der Waals surface area contributed by atoms with E-state index in [4.69, 9.17) is 14.6 Å². The summed E-state index contributed by atoms with van der Waals surface area (Å²) in [6.07, 6.45) is -2.49. The molecule has 1 aromatic heterocycles. The Hall–Kier alpha value is -2.22. The van der Waals surface area contributed by atoms with Crippen molar-refractivity contribution in [3.05, 3.63) is 42.2 Å². The Morgan fingerprint density at radius 3 is 2.76 bits per heavy atom. The van der Waals surface area contributed by atoms with Crippen LogP contribution in [0.4, 0.5) is 0 Å². The molecule has 0 unspecified atom stereocenters. The number of benzene rings is 1. The first kappa shape index (κ1) is 13.7. The quantitative estimate of drug-likeness (QED) is 0.559. The van der Waals surface area contributed by atoms with Crippen LogP contribution in [0.15, 0.2) is 42.2 Å². The summed E-state index contributed by atoms with van der Waals surface area (Å²) in [7, 11) is 0. The molecule has 3 rings (SSSR count). The highest BCUT2D eigenvalue weighted by Crippen LogP contribution is 2.30. The molecule has 2 aromatic rings. The van der Waals surface area contributed by atoms with Crippen LogP contribution in [0.1, 0.15) is 0 Å². The molecule has 21 heavy (non-hydrogen) atoms. The predicted octanol–water partition coefficient (Wildman–Crippen LogP) is 0.387. The molecule has 2 heterocycles. The minimum absolute atomic E-state index is 0.336. The fraction of sp³-hybridized carbons (Fsp3) is 0.286. The number of aromatic amines is 1. The molecule has 1 aliphatic rings. The van der Waals surface area contributed by atoms with E-state index in [1.807, 2.05) is 24.3 Å². The molecule has 0 saturated heterocycles. The minimum Gasteiger partial charge on any atom is -0.504 e. The average Bonchev–Trinajstić information content (AvgIpc) is 2.91. The first-order valence-electron chi connectivity index (χ1n) is 6.42. The zero-order valence-corrected chi connectivity index (χ0v) is 10.9. The lowest BCUT2D eigenvalue weighted by Crippen LogP contribution is -2.47. The summed E-state index contributed by atoms with van der Waals surface area (Å²) in [6, 6.07) is 7.36. The molecule has 5 N–H and O–H groups in total. The first-order chi connectivity index (χ1) is 10.1. The Balaban J connectivity index is 1.93. The monoisotopic (exact) mass is 293 g/mol. The van der Waals surface area contributed by atoms with Gasteiger partial charge in [0.1, 0.15) is 12.2 Å². The van der Waals surface area contributed by atoms with Crippen LogP contribution in [0.2, 0.25) is 0 Å². The lowest BCUT2D eigenvalue weighted by molar-refractivity contribution is -0.133. The average molecular weight is 293 g/mol. The highest BCUT2D eigenvalue weighted by Gasteiger charge is 2.39. The standard InChI is InChI=1S/C14H15NO6/c16-6-10-11(17)12(18)13(19)14(21-10)20-9-5-15-8-4-2-1-3-7(8)9/h1-5,10-12,15-19H,6H2/t10-,11+,12+/m1/s1. The number of hydrogen-bond donors (Lipinski definition) is 5. The molecule has 0 spiro atoms. The normalized spacial score (nSPS) is 26.0. The van der Waals surface area contributed by atoms with Crippen molar-refractivity contribution in [2.75, 3.05) is 6.61 Å². The van der Waals surface area contributed by atoms with E-state index in [0.29, 0.717) is 5.75 Å². The van der Waals surface area contributed by atoms with Gasteiger partial charge in [-0.05, 0) is 12.1 Å². The van der Waals surface area contributed by atoms with Gasteiger partial charge in [-0.25, -0.2) is 0 Å². The maximum absolute atomic E-state index is 9.82. The molecule has 0 saturated carbocycles. The molecule has 1 aromatic carbocycles. The zero-order valence-electron chi connectivity index (χ0n) is 10.9. The Bertz CT molecular complexity index is 679. The van der Waals surface area contributed by atoms with Crippen molar-refractivity contribution < 1.29 is 29.9 Å². The summed E-state index contributed by atoms with van der Waals surface area (Å²) in [4.78, 5) is 2.99. The van der Waals surface area contributed by atoms with Crippen LogP contribution in [0, 0.1) is 0 Å². The Morgan fingerprint density at radius 1 is 1.24 bits per heavy atom. The topological polar surface area (TPSA) is 115 Å². The highest BCUT2D eigenvalue weighted by atomic mass is 16.7. The lowest BCUT2D eigenvalue weighted by atomic mass is 10.0. The summed E-state index contributed by atoms with van der Waals surface area (Å²) in [5, 5.41) is 39.1. The number of nitrogens with one attached hydrogen (secondary N) is 1. The summed E-state index contributed by atoms with van der Waals surface area (Å²) in [6.45, 7) is -0.522.